The molecule has 7 heteroatoms. The third-order valence-electron chi connectivity index (χ3n) is 3.29. The fourth-order valence-electron chi connectivity index (χ4n) is 2.27. The SMILES string of the molecule is CCOC(=O)CN1C(=O)C(C)Oc2c(OC)cc(CO)cc21. The van der Waals surface area contributed by atoms with E-state index in [0.29, 0.717) is 22.7 Å². The van der Waals surface area contributed by atoms with Gasteiger partial charge in [-0.15, -0.1) is 0 Å². The number of anilines is 1. The standard InChI is InChI=1S/C15H19NO6/c1-4-21-13(18)7-16-11-5-10(8-17)6-12(20-3)14(11)22-9(2)15(16)19/h5-6,9,17H,4,7-8H2,1-3H3. The Bertz CT molecular complexity index is 586. The Morgan fingerprint density at radius 3 is 2.77 bits per heavy atom. The van der Waals surface area contributed by atoms with Crippen LogP contribution in [-0.4, -0.2) is 43.3 Å². The highest BCUT2D eigenvalue weighted by atomic mass is 16.5. The first-order valence-corrected chi connectivity index (χ1v) is 6.97. The van der Waals surface area contributed by atoms with Crippen molar-refractivity contribution < 1.29 is 28.9 Å². The second-order valence-corrected chi connectivity index (χ2v) is 4.79. The second kappa shape index (κ2) is 6.65. The molecule has 1 unspecified atom stereocenters. The number of amides is 1. The molecule has 0 radical (unpaired) electrons. The van der Waals surface area contributed by atoms with Gasteiger partial charge in [0.15, 0.2) is 17.6 Å². The lowest BCUT2D eigenvalue weighted by molar-refractivity contribution is -0.143. The summed E-state index contributed by atoms with van der Waals surface area (Å²) in [5, 5.41) is 9.34. The Hall–Kier alpha value is -2.28. The van der Waals surface area contributed by atoms with E-state index in [-0.39, 0.29) is 25.7 Å². The number of aliphatic hydroxyl groups is 1. The van der Waals surface area contributed by atoms with Gasteiger partial charge in [0.1, 0.15) is 6.54 Å². The monoisotopic (exact) mass is 309 g/mol. The number of rotatable bonds is 5. The fourth-order valence-corrected chi connectivity index (χ4v) is 2.27. The number of methoxy groups -OCH3 is 1. The zero-order valence-corrected chi connectivity index (χ0v) is 12.8. The summed E-state index contributed by atoms with van der Waals surface area (Å²) in [7, 11) is 1.47. The van der Waals surface area contributed by atoms with Crippen LogP contribution in [-0.2, 0) is 20.9 Å². The number of esters is 1. The number of ether oxygens (including phenoxy) is 3. The summed E-state index contributed by atoms with van der Waals surface area (Å²) in [6.45, 7) is 3.09. The Kier molecular flexibility index (Phi) is 4.87. The molecular formula is C15H19NO6. The van der Waals surface area contributed by atoms with E-state index in [1.807, 2.05) is 0 Å². The van der Waals surface area contributed by atoms with Gasteiger partial charge in [0.25, 0.3) is 5.91 Å². The van der Waals surface area contributed by atoms with Gasteiger partial charge in [-0.05, 0) is 31.5 Å². The van der Waals surface area contributed by atoms with Crippen molar-refractivity contribution in [1.82, 2.24) is 0 Å². The van der Waals surface area contributed by atoms with E-state index >= 15 is 0 Å². The number of benzene rings is 1. The molecule has 1 aliphatic rings. The molecule has 120 valence electrons. The number of hydrogen-bond acceptors (Lipinski definition) is 6. The van der Waals surface area contributed by atoms with E-state index in [1.54, 1.807) is 26.0 Å². The Morgan fingerprint density at radius 2 is 2.18 bits per heavy atom. The van der Waals surface area contributed by atoms with Crippen molar-refractivity contribution in [3.05, 3.63) is 17.7 Å². The zero-order valence-electron chi connectivity index (χ0n) is 12.8. The molecule has 1 aromatic rings. The molecule has 2 rings (SSSR count). The minimum atomic E-state index is -0.740. The zero-order chi connectivity index (χ0) is 16.3. The van der Waals surface area contributed by atoms with E-state index in [2.05, 4.69) is 0 Å². The molecule has 1 N–H and O–H groups in total. The van der Waals surface area contributed by atoms with E-state index in [4.69, 9.17) is 14.2 Å². The van der Waals surface area contributed by atoms with Crippen molar-refractivity contribution >= 4 is 17.6 Å². The number of carbonyl (C=O) groups excluding carboxylic acids is 2. The lowest BCUT2D eigenvalue weighted by atomic mass is 10.1. The predicted octanol–water partition coefficient (Wildman–Crippen LogP) is 0.864. The number of hydrogen-bond donors (Lipinski definition) is 1. The summed E-state index contributed by atoms with van der Waals surface area (Å²) >= 11 is 0. The van der Waals surface area contributed by atoms with Crippen LogP contribution in [0, 0.1) is 0 Å². The van der Waals surface area contributed by atoms with Gasteiger partial charge in [-0.1, -0.05) is 0 Å². The molecule has 1 amide bonds. The summed E-state index contributed by atoms with van der Waals surface area (Å²) in [5.74, 6) is -0.0900. The molecule has 0 saturated carbocycles. The first-order chi connectivity index (χ1) is 10.5. The Labute approximate surface area is 128 Å². The summed E-state index contributed by atoms with van der Waals surface area (Å²) in [6, 6.07) is 3.23. The van der Waals surface area contributed by atoms with Crippen LogP contribution in [0.1, 0.15) is 19.4 Å². The Morgan fingerprint density at radius 1 is 1.45 bits per heavy atom. The van der Waals surface area contributed by atoms with Crippen LogP contribution in [0.15, 0.2) is 12.1 Å². The number of aliphatic hydroxyl groups excluding tert-OH is 1. The van der Waals surface area contributed by atoms with E-state index in [1.165, 1.54) is 12.0 Å². The van der Waals surface area contributed by atoms with Crippen molar-refractivity contribution in [3.8, 4) is 11.5 Å². The number of fused-ring (bicyclic) bond motifs is 1. The molecule has 0 bridgehead atoms. The molecule has 0 aliphatic carbocycles. The van der Waals surface area contributed by atoms with Gasteiger partial charge in [-0.25, -0.2) is 0 Å². The molecule has 1 aliphatic heterocycles. The summed E-state index contributed by atoms with van der Waals surface area (Å²) in [6.07, 6.45) is -0.740. The number of nitrogens with zero attached hydrogens (tertiary/aromatic N) is 1. The van der Waals surface area contributed by atoms with Crippen LogP contribution in [0.3, 0.4) is 0 Å². The predicted molar refractivity (Wildman–Crippen MR) is 78.0 cm³/mol. The molecule has 7 nitrogen and oxygen atoms in total. The van der Waals surface area contributed by atoms with Gasteiger partial charge in [-0.3, -0.25) is 14.5 Å². The first-order valence-electron chi connectivity index (χ1n) is 6.97. The quantitative estimate of drug-likeness (QED) is 0.812. The van der Waals surface area contributed by atoms with Crippen LogP contribution < -0.4 is 14.4 Å². The Balaban J connectivity index is 2.47. The highest BCUT2D eigenvalue weighted by molar-refractivity contribution is 6.03. The maximum absolute atomic E-state index is 12.3. The lowest BCUT2D eigenvalue weighted by Gasteiger charge is -2.33. The van der Waals surface area contributed by atoms with Crippen molar-refractivity contribution in [2.45, 2.75) is 26.6 Å². The summed E-state index contributed by atoms with van der Waals surface area (Å²) < 4.78 is 15.7. The molecule has 22 heavy (non-hydrogen) atoms. The van der Waals surface area contributed by atoms with E-state index in [0.717, 1.165) is 0 Å². The first kappa shape index (κ1) is 16.1. The van der Waals surface area contributed by atoms with Crippen molar-refractivity contribution in [3.63, 3.8) is 0 Å². The van der Waals surface area contributed by atoms with Crippen molar-refractivity contribution in [2.75, 3.05) is 25.2 Å². The van der Waals surface area contributed by atoms with Gasteiger partial charge in [0.2, 0.25) is 0 Å². The average molecular weight is 309 g/mol. The van der Waals surface area contributed by atoms with Crippen LogP contribution >= 0.6 is 0 Å². The summed E-state index contributed by atoms with van der Waals surface area (Å²) in [4.78, 5) is 25.4. The van der Waals surface area contributed by atoms with Gasteiger partial charge in [-0.2, -0.15) is 0 Å². The molecule has 0 fully saturated rings. The minimum absolute atomic E-state index is 0.217. The van der Waals surface area contributed by atoms with Crippen LogP contribution in [0.5, 0.6) is 11.5 Å². The lowest BCUT2D eigenvalue weighted by Crippen LogP contribution is -2.47. The molecule has 1 aromatic carbocycles. The fraction of sp³-hybridized carbons (Fsp3) is 0.467. The highest BCUT2D eigenvalue weighted by Gasteiger charge is 2.35. The molecular weight excluding hydrogens is 290 g/mol. The van der Waals surface area contributed by atoms with Gasteiger partial charge < -0.3 is 19.3 Å². The minimum Gasteiger partial charge on any atom is -0.493 e. The van der Waals surface area contributed by atoms with E-state index < -0.39 is 12.1 Å². The average Bonchev–Trinajstić information content (AvgIpc) is 2.51. The van der Waals surface area contributed by atoms with Gasteiger partial charge in [0.05, 0.1) is 26.0 Å². The summed E-state index contributed by atoms with van der Waals surface area (Å²) in [5.41, 5.74) is 0.940. The van der Waals surface area contributed by atoms with Gasteiger partial charge >= 0.3 is 5.97 Å². The van der Waals surface area contributed by atoms with E-state index in [9.17, 15) is 14.7 Å². The van der Waals surface area contributed by atoms with Crippen LogP contribution in [0.25, 0.3) is 0 Å². The normalized spacial score (nSPS) is 16.8. The third-order valence-corrected chi connectivity index (χ3v) is 3.29. The van der Waals surface area contributed by atoms with Crippen LogP contribution in [0.2, 0.25) is 0 Å². The smallest absolute Gasteiger partial charge is 0.326 e. The largest absolute Gasteiger partial charge is 0.493 e. The second-order valence-electron chi connectivity index (χ2n) is 4.79. The maximum atomic E-state index is 12.3. The topological polar surface area (TPSA) is 85.3 Å². The molecule has 0 aromatic heterocycles. The third kappa shape index (κ3) is 2.99. The highest BCUT2D eigenvalue weighted by Crippen LogP contribution is 2.42. The number of carbonyl (C=O) groups is 2. The van der Waals surface area contributed by atoms with Crippen LogP contribution in [0.4, 0.5) is 5.69 Å². The van der Waals surface area contributed by atoms with Crippen molar-refractivity contribution in [2.24, 2.45) is 0 Å². The van der Waals surface area contributed by atoms with Gasteiger partial charge in [0, 0.05) is 0 Å². The molecule has 0 spiro atoms. The van der Waals surface area contributed by atoms with Crippen molar-refractivity contribution in [1.29, 1.82) is 0 Å². The molecule has 0 saturated heterocycles. The molecule has 1 atom stereocenters. The molecule has 1 heterocycles. The maximum Gasteiger partial charge on any atom is 0.326 e.